The van der Waals surface area contributed by atoms with Gasteiger partial charge in [-0.3, -0.25) is 0 Å². The molecule has 92 valence electrons. The van der Waals surface area contributed by atoms with Crippen molar-refractivity contribution in [2.24, 2.45) is 0 Å². The second kappa shape index (κ2) is 5.98. The zero-order chi connectivity index (χ0) is 12.9. The Hall–Kier alpha value is -1.13. The summed E-state index contributed by atoms with van der Waals surface area (Å²) in [6.45, 7) is 0.387. The first-order chi connectivity index (χ1) is 8.03. The molecule has 1 rings (SSSR count). The van der Waals surface area contributed by atoms with Crippen molar-refractivity contribution in [3.8, 4) is 6.07 Å². The smallest absolute Gasteiger partial charge is 0.242 e. The van der Waals surface area contributed by atoms with E-state index in [0.29, 0.717) is 0 Å². The van der Waals surface area contributed by atoms with Crippen molar-refractivity contribution in [2.45, 2.75) is 4.90 Å². The van der Waals surface area contributed by atoms with Crippen LogP contribution in [-0.4, -0.2) is 28.7 Å². The Morgan fingerprint density at radius 3 is 2.82 bits per heavy atom. The Labute approximate surface area is 105 Å². The van der Waals surface area contributed by atoms with E-state index < -0.39 is 10.0 Å². The van der Waals surface area contributed by atoms with Crippen LogP contribution in [-0.2, 0) is 14.8 Å². The molecule has 0 atom stereocenters. The molecular formula is C10H11ClN2O3S. The second-order valence-electron chi connectivity index (χ2n) is 3.12. The van der Waals surface area contributed by atoms with Crippen LogP contribution in [0.15, 0.2) is 23.1 Å². The molecule has 0 radical (unpaired) electrons. The van der Waals surface area contributed by atoms with Crippen LogP contribution >= 0.6 is 11.6 Å². The van der Waals surface area contributed by atoms with Gasteiger partial charge in [0.05, 0.1) is 17.2 Å². The summed E-state index contributed by atoms with van der Waals surface area (Å²) in [5, 5.41) is 9.00. The molecule has 0 saturated heterocycles. The fourth-order valence-electron chi connectivity index (χ4n) is 1.19. The number of nitrogens with zero attached hydrogens (tertiary/aromatic N) is 1. The molecule has 1 N–H and O–H groups in total. The number of sulfonamides is 1. The van der Waals surface area contributed by atoms with Crippen molar-refractivity contribution in [1.29, 1.82) is 5.26 Å². The molecule has 0 aliphatic rings. The van der Waals surface area contributed by atoms with Gasteiger partial charge < -0.3 is 4.74 Å². The van der Waals surface area contributed by atoms with E-state index in [1.165, 1.54) is 25.3 Å². The first kappa shape index (κ1) is 13.9. The highest BCUT2D eigenvalue weighted by Gasteiger charge is 2.19. The highest BCUT2D eigenvalue weighted by atomic mass is 35.5. The average molecular weight is 275 g/mol. The second-order valence-corrected chi connectivity index (χ2v) is 5.26. The summed E-state index contributed by atoms with van der Waals surface area (Å²) in [5.41, 5.74) is -0.0564. The van der Waals surface area contributed by atoms with Gasteiger partial charge in [-0.25, -0.2) is 13.1 Å². The van der Waals surface area contributed by atoms with Gasteiger partial charge in [0.15, 0.2) is 0 Å². The van der Waals surface area contributed by atoms with Gasteiger partial charge in [-0.2, -0.15) is 5.26 Å². The van der Waals surface area contributed by atoms with Gasteiger partial charge >= 0.3 is 0 Å². The summed E-state index contributed by atoms with van der Waals surface area (Å²) >= 11 is 5.76. The van der Waals surface area contributed by atoms with Crippen molar-refractivity contribution >= 4 is 21.6 Å². The summed E-state index contributed by atoms with van der Waals surface area (Å²) in [7, 11) is -2.27. The molecule has 1 aromatic rings. The van der Waals surface area contributed by atoms with Crippen LogP contribution in [0.4, 0.5) is 0 Å². The number of halogens is 1. The molecule has 17 heavy (non-hydrogen) atoms. The molecule has 0 aliphatic heterocycles. The van der Waals surface area contributed by atoms with Crippen LogP contribution < -0.4 is 4.72 Å². The summed E-state index contributed by atoms with van der Waals surface area (Å²) in [5.74, 6) is 0. The molecule has 0 aromatic heterocycles. The zero-order valence-electron chi connectivity index (χ0n) is 9.10. The van der Waals surface area contributed by atoms with E-state index in [1.54, 1.807) is 6.07 Å². The molecule has 7 heteroatoms. The molecule has 5 nitrogen and oxygen atoms in total. The highest BCUT2D eigenvalue weighted by Crippen LogP contribution is 2.22. The van der Waals surface area contributed by atoms with Gasteiger partial charge in [-0.1, -0.05) is 17.7 Å². The number of methoxy groups -OCH3 is 1. The lowest BCUT2D eigenvalue weighted by atomic mass is 10.2. The molecule has 0 bridgehead atoms. The minimum Gasteiger partial charge on any atom is -0.383 e. The van der Waals surface area contributed by atoms with Crippen molar-refractivity contribution in [2.75, 3.05) is 20.3 Å². The number of benzene rings is 1. The average Bonchev–Trinajstić information content (AvgIpc) is 2.29. The molecule has 0 aliphatic carbocycles. The van der Waals surface area contributed by atoms with E-state index in [2.05, 4.69) is 4.72 Å². The molecule has 0 unspecified atom stereocenters. The van der Waals surface area contributed by atoms with Crippen molar-refractivity contribution in [1.82, 2.24) is 4.72 Å². The Morgan fingerprint density at radius 1 is 1.53 bits per heavy atom. The Morgan fingerprint density at radius 2 is 2.24 bits per heavy atom. The standard InChI is InChI=1S/C10H11ClN2O3S/c1-16-6-5-13-17(14,15)10-4-2-3-9(11)8(10)7-12/h2-4,13H,5-6H2,1H3. The first-order valence-electron chi connectivity index (χ1n) is 4.70. The molecular weight excluding hydrogens is 264 g/mol. The van der Waals surface area contributed by atoms with Gasteiger partial charge in [0.2, 0.25) is 10.0 Å². The monoisotopic (exact) mass is 274 g/mol. The van der Waals surface area contributed by atoms with Gasteiger partial charge in [0, 0.05) is 13.7 Å². The predicted molar refractivity (Wildman–Crippen MR) is 63.2 cm³/mol. The largest absolute Gasteiger partial charge is 0.383 e. The highest BCUT2D eigenvalue weighted by molar-refractivity contribution is 7.89. The Kier molecular flexibility index (Phi) is 4.90. The van der Waals surface area contributed by atoms with E-state index >= 15 is 0 Å². The summed E-state index contributed by atoms with van der Waals surface area (Å²) < 4.78 is 30.8. The predicted octanol–water partition coefficient (Wildman–Crippen LogP) is 1.14. The molecule has 0 spiro atoms. The van der Waals surface area contributed by atoms with E-state index in [9.17, 15) is 8.42 Å². The van der Waals surface area contributed by atoms with Crippen molar-refractivity contribution < 1.29 is 13.2 Å². The van der Waals surface area contributed by atoms with Gasteiger partial charge in [-0.15, -0.1) is 0 Å². The SMILES string of the molecule is COCCNS(=O)(=O)c1cccc(Cl)c1C#N. The maximum atomic E-state index is 11.9. The summed E-state index contributed by atoms with van der Waals surface area (Å²) in [4.78, 5) is -0.122. The van der Waals surface area contributed by atoms with Gasteiger partial charge in [-0.05, 0) is 12.1 Å². The summed E-state index contributed by atoms with van der Waals surface area (Å²) in [6, 6.07) is 6.06. The van der Waals surface area contributed by atoms with Crippen LogP contribution in [0, 0.1) is 11.3 Å². The topological polar surface area (TPSA) is 79.2 Å². The zero-order valence-corrected chi connectivity index (χ0v) is 10.7. The molecule has 0 fully saturated rings. The first-order valence-corrected chi connectivity index (χ1v) is 6.56. The molecule has 0 heterocycles. The van der Waals surface area contributed by atoms with E-state index in [1.807, 2.05) is 0 Å². The maximum absolute atomic E-state index is 11.9. The van der Waals surface area contributed by atoms with Crippen molar-refractivity contribution in [3.63, 3.8) is 0 Å². The van der Waals surface area contributed by atoms with Crippen LogP contribution in [0.2, 0.25) is 5.02 Å². The number of ether oxygens (including phenoxy) is 1. The number of rotatable bonds is 5. The molecule has 1 aromatic carbocycles. The lowest BCUT2D eigenvalue weighted by molar-refractivity contribution is 0.204. The van der Waals surface area contributed by atoms with Crippen LogP contribution in [0.25, 0.3) is 0 Å². The maximum Gasteiger partial charge on any atom is 0.242 e. The third-order valence-corrected chi connectivity index (χ3v) is 3.79. The minimum absolute atomic E-state index is 0.0564. The van der Waals surface area contributed by atoms with E-state index in [-0.39, 0.29) is 28.6 Å². The Balaban J connectivity index is 3.08. The normalized spacial score (nSPS) is 11.1. The van der Waals surface area contributed by atoms with E-state index in [0.717, 1.165) is 0 Å². The number of nitriles is 1. The fraction of sp³-hybridized carbons (Fsp3) is 0.300. The van der Waals surface area contributed by atoms with Crippen LogP contribution in [0.5, 0.6) is 0 Å². The Bertz CT molecular complexity index is 537. The molecule has 0 amide bonds. The van der Waals surface area contributed by atoms with Crippen molar-refractivity contribution in [3.05, 3.63) is 28.8 Å². The van der Waals surface area contributed by atoms with E-state index in [4.69, 9.17) is 21.6 Å². The number of nitrogens with one attached hydrogen (secondary N) is 1. The van der Waals surface area contributed by atoms with Gasteiger partial charge in [0.25, 0.3) is 0 Å². The third-order valence-electron chi connectivity index (χ3n) is 1.97. The summed E-state index contributed by atoms with van der Waals surface area (Å²) in [6.07, 6.45) is 0. The molecule has 0 saturated carbocycles. The van der Waals surface area contributed by atoms with Crippen LogP contribution in [0.1, 0.15) is 5.56 Å². The lowest BCUT2D eigenvalue weighted by Gasteiger charge is -2.08. The lowest BCUT2D eigenvalue weighted by Crippen LogP contribution is -2.27. The minimum atomic E-state index is -3.73. The van der Waals surface area contributed by atoms with Crippen LogP contribution in [0.3, 0.4) is 0 Å². The van der Waals surface area contributed by atoms with Gasteiger partial charge in [0.1, 0.15) is 11.0 Å². The quantitative estimate of drug-likeness (QED) is 0.817. The number of hydrogen-bond acceptors (Lipinski definition) is 4. The third kappa shape index (κ3) is 3.41. The number of hydrogen-bond donors (Lipinski definition) is 1. The fourth-order valence-corrected chi connectivity index (χ4v) is 2.66.